The second-order valence-corrected chi connectivity index (χ2v) is 8.66. The van der Waals surface area contributed by atoms with Gasteiger partial charge in [-0.1, -0.05) is 6.07 Å². The SMILES string of the molecule is COc1cc(C)cc2cc(-c3cn(C4CCN(C)C4)c4ncnc(N)c34)sc12. The zero-order chi connectivity index (χ0) is 19.4. The second kappa shape index (κ2) is 6.46. The fourth-order valence-electron chi connectivity index (χ4n) is 4.26. The molecule has 1 atom stereocenters. The molecular weight excluding hydrogens is 370 g/mol. The van der Waals surface area contributed by atoms with Gasteiger partial charge in [0.2, 0.25) is 0 Å². The number of aromatic nitrogens is 3. The zero-order valence-electron chi connectivity index (χ0n) is 16.3. The Morgan fingerprint density at radius 1 is 1.25 bits per heavy atom. The summed E-state index contributed by atoms with van der Waals surface area (Å²) in [6, 6.07) is 6.91. The lowest BCUT2D eigenvalue weighted by Gasteiger charge is -2.13. The van der Waals surface area contributed by atoms with Crippen molar-refractivity contribution in [1.29, 1.82) is 0 Å². The Morgan fingerprint density at radius 2 is 2.11 bits per heavy atom. The number of nitrogen functional groups attached to an aromatic ring is 1. The highest BCUT2D eigenvalue weighted by atomic mass is 32.1. The molecule has 4 heterocycles. The van der Waals surface area contributed by atoms with Crippen molar-refractivity contribution in [3.63, 3.8) is 0 Å². The summed E-state index contributed by atoms with van der Waals surface area (Å²) in [5.74, 6) is 1.45. The maximum Gasteiger partial charge on any atom is 0.146 e. The van der Waals surface area contributed by atoms with Gasteiger partial charge in [-0.2, -0.15) is 0 Å². The van der Waals surface area contributed by atoms with Crippen LogP contribution in [0.15, 0.2) is 30.7 Å². The van der Waals surface area contributed by atoms with Crippen LogP contribution < -0.4 is 10.5 Å². The van der Waals surface area contributed by atoms with Crippen molar-refractivity contribution in [2.45, 2.75) is 19.4 Å². The maximum atomic E-state index is 6.31. The summed E-state index contributed by atoms with van der Waals surface area (Å²) < 4.78 is 9.06. The summed E-state index contributed by atoms with van der Waals surface area (Å²) >= 11 is 1.73. The predicted octanol–water partition coefficient (Wildman–Crippen LogP) is 4.09. The highest BCUT2D eigenvalue weighted by Crippen LogP contribution is 2.43. The molecule has 144 valence electrons. The number of anilines is 1. The highest BCUT2D eigenvalue weighted by Gasteiger charge is 2.26. The topological polar surface area (TPSA) is 69.2 Å². The Bertz CT molecular complexity index is 1190. The van der Waals surface area contributed by atoms with Crippen molar-refractivity contribution in [2.24, 2.45) is 0 Å². The van der Waals surface area contributed by atoms with E-state index in [0.717, 1.165) is 51.4 Å². The number of nitrogens with two attached hydrogens (primary N) is 1. The number of thiophene rings is 1. The van der Waals surface area contributed by atoms with Crippen LogP contribution in [0.25, 0.3) is 31.6 Å². The lowest BCUT2D eigenvalue weighted by Crippen LogP contribution is -2.16. The van der Waals surface area contributed by atoms with Crippen LogP contribution in [0, 0.1) is 6.92 Å². The van der Waals surface area contributed by atoms with Crippen molar-refractivity contribution < 1.29 is 4.74 Å². The minimum Gasteiger partial charge on any atom is -0.495 e. The third-order valence-electron chi connectivity index (χ3n) is 5.61. The first-order chi connectivity index (χ1) is 13.5. The van der Waals surface area contributed by atoms with Gasteiger partial charge in [-0.05, 0) is 50.0 Å². The lowest BCUT2D eigenvalue weighted by atomic mass is 10.1. The van der Waals surface area contributed by atoms with Gasteiger partial charge in [-0.25, -0.2) is 9.97 Å². The molecule has 0 bridgehead atoms. The summed E-state index contributed by atoms with van der Waals surface area (Å²) in [6.07, 6.45) is 4.89. The molecule has 0 saturated carbocycles. The van der Waals surface area contributed by atoms with Crippen molar-refractivity contribution in [3.05, 3.63) is 36.3 Å². The highest BCUT2D eigenvalue weighted by molar-refractivity contribution is 7.22. The van der Waals surface area contributed by atoms with Crippen molar-refractivity contribution >= 4 is 38.3 Å². The maximum absolute atomic E-state index is 6.31. The van der Waals surface area contributed by atoms with Gasteiger partial charge in [0.05, 0.1) is 17.2 Å². The number of likely N-dealkylation sites (N-methyl/N-ethyl adjacent to an activating group) is 1. The van der Waals surface area contributed by atoms with Gasteiger partial charge >= 0.3 is 0 Å². The summed E-state index contributed by atoms with van der Waals surface area (Å²) in [6.45, 7) is 4.21. The second-order valence-electron chi connectivity index (χ2n) is 7.61. The fraction of sp³-hybridized carbons (Fsp3) is 0.333. The molecule has 0 spiro atoms. The number of nitrogens with zero attached hydrogens (tertiary/aromatic N) is 4. The third-order valence-corrected chi connectivity index (χ3v) is 6.81. The van der Waals surface area contributed by atoms with Crippen LogP contribution in [0.5, 0.6) is 5.75 Å². The molecule has 6 nitrogen and oxygen atoms in total. The van der Waals surface area contributed by atoms with Crippen LogP contribution in [0.4, 0.5) is 5.82 Å². The third kappa shape index (κ3) is 2.65. The number of aryl methyl sites for hydroxylation is 1. The number of ether oxygens (including phenoxy) is 1. The van der Waals surface area contributed by atoms with Crippen LogP contribution in [0.2, 0.25) is 0 Å². The number of hydrogen-bond acceptors (Lipinski definition) is 6. The Morgan fingerprint density at radius 3 is 2.86 bits per heavy atom. The minimum atomic E-state index is 0.404. The summed E-state index contributed by atoms with van der Waals surface area (Å²) in [4.78, 5) is 12.4. The van der Waals surface area contributed by atoms with E-state index >= 15 is 0 Å². The summed E-state index contributed by atoms with van der Waals surface area (Å²) in [7, 11) is 3.89. The van der Waals surface area contributed by atoms with Crippen LogP contribution in [0.1, 0.15) is 18.0 Å². The first kappa shape index (κ1) is 17.5. The zero-order valence-corrected chi connectivity index (χ0v) is 17.1. The van der Waals surface area contributed by atoms with E-state index in [4.69, 9.17) is 10.5 Å². The molecule has 1 unspecified atom stereocenters. The van der Waals surface area contributed by atoms with Crippen LogP contribution >= 0.6 is 11.3 Å². The molecule has 4 aromatic rings. The molecule has 1 saturated heterocycles. The number of benzene rings is 1. The monoisotopic (exact) mass is 393 g/mol. The van der Waals surface area contributed by atoms with E-state index in [1.54, 1.807) is 24.8 Å². The Balaban J connectivity index is 1.74. The largest absolute Gasteiger partial charge is 0.495 e. The molecule has 3 aromatic heterocycles. The van der Waals surface area contributed by atoms with Crippen molar-refractivity contribution in [3.8, 4) is 16.2 Å². The lowest BCUT2D eigenvalue weighted by molar-refractivity contribution is 0.395. The van der Waals surface area contributed by atoms with Crippen LogP contribution in [-0.2, 0) is 0 Å². The molecule has 1 aliphatic rings. The molecule has 1 aromatic carbocycles. The van der Waals surface area contributed by atoms with Gasteiger partial charge in [0, 0.05) is 29.2 Å². The van der Waals surface area contributed by atoms with E-state index in [9.17, 15) is 0 Å². The molecule has 0 aliphatic carbocycles. The van der Waals surface area contributed by atoms with Gasteiger partial charge in [-0.3, -0.25) is 0 Å². The number of methoxy groups -OCH3 is 1. The van der Waals surface area contributed by atoms with E-state index < -0.39 is 0 Å². The number of fused-ring (bicyclic) bond motifs is 2. The van der Waals surface area contributed by atoms with Gasteiger partial charge in [0.25, 0.3) is 0 Å². The van der Waals surface area contributed by atoms with E-state index in [1.165, 1.54) is 10.9 Å². The van der Waals surface area contributed by atoms with E-state index in [-0.39, 0.29) is 0 Å². The molecule has 5 rings (SSSR count). The van der Waals surface area contributed by atoms with Crippen molar-refractivity contribution in [1.82, 2.24) is 19.4 Å². The number of rotatable bonds is 3. The van der Waals surface area contributed by atoms with Gasteiger partial charge in [0.1, 0.15) is 23.5 Å². The molecular formula is C21H23N5OS. The normalized spacial score (nSPS) is 17.8. The van der Waals surface area contributed by atoms with Crippen LogP contribution in [-0.4, -0.2) is 46.7 Å². The van der Waals surface area contributed by atoms with E-state index in [1.807, 2.05) is 0 Å². The Labute approximate surface area is 167 Å². The average Bonchev–Trinajstić information content (AvgIpc) is 3.37. The smallest absolute Gasteiger partial charge is 0.146 e. The summed E-state index contributed by atoms with van der Waals surface area (Å²) in [5, 5.41) is 2.13. The quantitative estimate of drug-likeness (QED) is 0.568. The fourth-order valence-corrected chi connectivity index (χ4v) is 5.41. The molecule has 7 heteroatoms. The van der Waals surface area contributed by atoms with Gasteiger partial charge in [-0.15, -0.1) is 11.3 Å². The minimum absolute atomic E-state index is 0.404. The van der Waals surface area contributed by atoms with Crippen LogP contribution in [0.3, 0.4) is 0 Å². The molecule has 1 aliphatic heterocycles. The molecule has 2 N–H and O–H groups in total. The standard InChI is InChI=1S/C21H23N5OS/c1-12-6-13-8-17(28-19(13)16(7-12)27-3)15-10-26(14-4-5-25(2)9-14)21-18(15)20(22)23-11-24-21/h6-8,10-11,14H,4-5,9H2,1-3H3,(H2,22,23,24). The first-order valence-electron chi connectivity index (χ1n) is 9.43. The number of hydrogen-bond donors (Lipinski definition) is 1. The van der Waals surface area contributed by atoms with Crippen molar-refractivity contribution in [2.75, 3.05) is 33.0 Å². The Hall–Kier alpha value is -2.64. The number of likely N-dealkylation sites (tertiary alicyclic amines) is 1. The summed E-state index contributed by atoms with van der Waals surface area (Å²) in [5.41, 5.74) is 9.52. The van der Waals surface area contributed by atoms with Gasteiger partial charge < -0.3 is 19.9 Å². The average molecular weight is 394 g/mol. The Kier molecular flexibility index (Phi) is 4.03. The molecule has 0 amide bonds. The van der Waals surface area contributed by atoms with E-state index in [2.05, 4.69) is 57.8 Å². The van der Waals surface area contributed by atoms with Gasteiger partial charge in [0.15, 0.2) is 0 Å². The molecule has 28 heavy (non-hydrogen) atoms. The first-order valence-corrected chi connectivity index (χ1v) is 10.2. The van der Waals surface area contributed by atoms with E-state index in [0.29, 0.717) is 11.9 Å². The predicted molar refractivity (Wildman–Crippen MR) is 115 cm³/mol. The molecule has 0 radical (unpaired) electrons. The molecule has 1 fully saturated rings.